The average molecular weight is 439 g/mol. The number of para-hydroxylation sites is 2. The number of fused-ring (bicyclic) bond motifs is 1. The van der Waals surface area contributed by atoms with E-state index in [9.17, 15) is 9.59 Å². The lowest BCUT2D eigenvalue weighted by Gasteiger charge is -2.27. The number of H-pyrrole nitrogens is 2. The molecule has 0 aliphatic carbocycles. The molecule has 3 heterocycles. The van der Waals surface area contributed by atoms with Crippen molar-refractivity contribution in [2.75, 3.05) is 26.7 Å². The number of hydrogen-bond acceptors (Lipinski definition) is 6. The quantitative estimate of drug-likeness (QED) is 0.465. The van der Waals surface area contributed by atoms with E-state index in [-0.39, 0.29) is 12.3 Å². The molecular formula is C23H30N6O3. The Hall–Kier alpha value is -3.20. The Kier molecular flexibility index (Phi) is 6.84. The highest BCUT2D eigenvalue weighted by molar-refractivity contribution is 5.95. The zero-order valence-electron chi connectivity index (χ0n) is 18.6. The van der Waals surface area contributed by atoms with Crippen LogP contribution in [0, 0.1) is 0 Å². The van der Waals surface area contributed by atoms with E-state index in [2.05, 4.69) is 37.2 Å². The van der Waals surface area contributed by atoms with Gasteiger partial charge in [-0.2, -0.15) is 0 Å². The second-order valence-corrected chi connectivity index (χ2v) is 8.36. The largest absolute Gasteiger partial charge is 0.464 e. The molecule has 170 valence electrons. The van der Waals surface area contributed by atoms with Gasteiger partial charge in [0.15, 0.2) is 0 Å². The number of rotatable bonds is 8. The molecule has 0 radical (unpaired) electrons. The highest BCUT2D eigenvalue weighted by Crippen LogP contribution is 2.25. The normalized spacial score (nSPS) is 16.2. The number of carbonyl (C=O) groups is 2. The van der Waals surface area contributed by atoms with Crippen molar-refractivity contribution < 1.29 is 14.3 Å². The van der Waals surface area contributed by atoms with Gasteiger partial charge in [0.05, 0.1) is 23.8 Å². The highest BCUT2D eigenvalue weighted by atomic mass is 16.5. The highest BCUT2D eigenvalue weighted by Gasteiger charge is 2.27. The molecule has 1 amide bonds. The van der Waals surface area contributed by atoms with Gasteiger partial charge < -0.3 is 24.9 Å². The number of aromatic amines is 2. The predicted molar refractivity (Wildman–Crippen MR) is 120 cm³/mol. The molecule has 2 aromatic heterocycles. The Bertz CT molecular complexity index is 1030. The zero-order valence-corrected chi connectivity index (χ0v) is 18.6. The maximum absolute atomic E-state index is 12.9. The lowest BCUT2D eigenvalue weighted by Crippen LogP contribution is -2.43. The fourth-order valence-electron chi connectivity index (χ4n) is 3.97. The van der Waals surface area contributed by atoms with Crippen LogP contribution in [0.5, 0.6) is 0 Å². The van der Waals surface area contributed by atoms with Gasteiger partial charge in [0, 0.05) is 12.3 Å². The zero-order chi connectivity index (χ0) is 22.5. The third-order valence-electron chi connectivity index (χ3n) is 5.82. The molecule has 3 N–H and O–H groups in total. The third kappa shape index (κ3) is 5.16. The number of carbonyl (C=O) groups excluding carboxylic acids is 2. The number of ether oxygens (including phenoxy) is 1. The number of imidazole rings is 2. The van der Waals surface area contributed by atoms with E-state index >= 15 is 0 Å². The molecule has 0 bridgehead atoms. The number of hydrogen-bond donors (Lipinski definition) is 3. The Morgan fingerprint density at radius 2 is 2.03 bits per heavy atom. The smallest absolute Gasteiger partial charge is 0.329 e. The molecule has 4 rings (SSSR count). The van der Waals surface area contributed by atoms with Crippen molar-refractivity contribution in [2.45, 2.75) is 44.6 Å². The van der Waals surface area contributed by atoms with Crippen LogP contribution in [-0.2, 0) is 16.0 Å². The first-order valence-corrected chi connectivity index (χ1v) is 11.2. The van der Waals surface area contributed by atoms with Crippen LogP contribution in [0.2, 0.25) is 0 Å². The van der Waals surface area contributed by atoms with Gasteiger partial charge >= 0.3 is 5.97 Å². The molecule has 32 heavy (non-hydrogen) atoms. The number of aromatic nitrogens is 4. The van der Waals surface area contributed by atoms with Crippen molar-refractivity contribution in [1.82, 2.24) is 30.2 Å². The fourth-order valence-corrected chi connectivity index (χ4v) is 3.97. The van der Waals surface area contributed by atoms with Crippen molar-refractivity contribution in [3.8, 4) is 0 Å². The van der Waals surface area contributed by atoms with Gasteiger partial charge in [-0.25, -0.2) is 14.8 Å². The first-order valence-electron chi connectivity index (χ1n) is 11.2. The van der Waals surface area contributed by atoms with Crippen LogP contribution in [0.4, 0.5) is 0 Å². The van der Waals surface area contributed by atoms with Crippen LogP contribution < -0.4 is 5.32 Å². The van der Waals surface area contributed by atoms with Crippen LogP contribution >= 0.6 is 0 Å². The predicted octanol–water partition coefficient (Wildman–Crippen LogP) is 2.39. The van der Waals surface area contributed by atoms with E-state index in [0.29, 0.717) is 30.5 Å². The summed E-state index contributed by atoms with van der Waals surface area (Å²) in [6, 6.07) is 6.78. The van der Waals surface area contributed by atoms with Crippen molar-refractivity contribution in [1.29, 1.82) is 0 Å². The van der Waals surface area contributed by atoms with E-state index in [0.717, 1.165) is 42.8 Å². The van der Waals surface area contributed by atoms with Gasteiger partial charge in [0.25, 0.3) is 5.91 Å². The van der Waals surface area contributed by atoms with Crippen molar-refractivity contribution in [2.24, 2.45) is 0 Å². The summed E-state index contributed by atoms with van der Waals surface area (Å²) in [5.74, 6) is 0.891. The van der Waals surface area contributed by atoms with Crippen LogP contribution in [0.3, 0.4) is 0 Å². The van der Waals surface area contributed by atoms with Gasteiger partial charge in [-0.3, -0.25) is 4.79 Å². The van der Waals surface area contributed by atoms with E-state index in [1.807, 2.05) is 31.2 Å². The Balaban J connectivity index is 1.46. The minimum Gasteiger partial charge on any atom is -0.464 e. The van der Waals surface area contributed by atoms with E-state index in [4.69, 9.17) is 4.74 Å². The maximum Gasteiger partial charge on any atom is 0.329 e. The van der Waals surface area contributed by atoms with Crippen LogP contribution in [0.25, 0.3) is 11.0 Å². The number of likely N-dealkylation sites (tertiary alicyclic amines) is 1. The van der Waals surface area contributed by atoms with Gasteiger partial charge in [-0.05, 0) is 51.5 Å². The summed E-state index contributed by atoms with van der Waals surface area (Å²) in [7, 11) is 2.11. The second-order valence-electron chi connectivity index (χ2n) is 8.36. The Morgan fingerprint density at radius 1 is 1.25 bits per heavy atom. The lowest BCUT2D eigenvalue weighted by molar-refractivity contribution is -0.146. The maximum atomic E-state index is 12.9. The summed E-state index contributed by atoms with van der Waals surface area (Å²) < 4.78 is 5.32. The topological polar surface area (TPSA) is 116 Å². The van der Waals surface area contributed by atoms with Crippen molar-refractivity contribution in [3.05, 3.63) is 47.8 Å². The number of benzene rings is 1. The fraction of sp³-hybridized carbons (Fsp3) is 0.478. The molecule has 0 saturated carbocycles. The minimum atomic E-state index is -0.857. The number of amides is 1. The molecule has 1 aliphatic rings. The Labute approximate surface area is 187 Å². The van der Waals surface area contributed by atoms with Crippen molar-refractivity contribution in [3.63, 3.8) is 0 Å². The molecule has 1 unspecified atom stereocenters. The summed E-state index contributed by atoms with van der Waals surface area (Å²) in [4.78, 5) is 43.2. The van der Waals surface area contributed by atoms with E-state index in [1.54, 1.807) is 6.20 Å². The molecule has 1 aromatic carbocycles. The first-order chi connectivity index (χ1) is 15.5. The van der Waals surface area contributed by atoms with Gasteiger partial charge in [0.1, 0.15) is 23.4 Å². The number of nitrogens with one attached hydrogen (secondary N) is 3. The molecule has 1 aliphatic heterocycles. The van der Waals surface area contributed by atoms with Crippen molar-refractivity contribution >= 4 is 22.9 Å². The summed E-state index contributed by atoms with van der Waals surface area (Å²) in [6.07, 6.45) is 4.46. The average Bonchev–Trinajstić information content (AvgIpc) is 3.44. The molecule has 9 heteroatoms. The third-order valence-corrected chi connectivity index (χ3v) is 5.82. The number of piperidine rings is 1. The molecule has 9 nitrogen and oxygen atoms in total. The molecule has 3 aromatic rings. The van der Waals surface area contributed by atoms with E-state index < -0.39 is 12.0 Å². The lowest BCUT2D eigenvalue weighted by atomic mass is 9.97. The monoisotopic (exact) mass is 438 g/mol. The number of esters is 1. The summed E-state index contributed by atoms with van der Waals surface area (Å²) in [5, 5.41) is 2.81. The standard InChI is InChI=1S/C23H30N6O3/c1-3-12-32-23(31)18(13-20-25-16-6-4-5-7-17(16)26-20)28-22(30)19-14-24-21(27-19)15-8-10-29(2)11-9-15/h4-7,14-15,18H,3,8-13H2,1-2H3,(H,24,27)(H,25,26)(H,28,30). The SMILES string of the molecule is CCCOC(=O)C(Cc1nc2ccccc2[nH]1)NC(=O)c1cnc(C2CCN(C)CC2)[nH]1. The van der Waals surface area contributed by atoms with Gasteiger partial charge in [-0.15, -0.1) is 0 Å². The molecule has 1 atom stereocenters. The van der Waals surface area contributed by atoms with Crippen LogP contribution in [-0.4, -0.2) is 69.5 Å². The summed E-state index contributed by atoms with van der Waals surface area (Å²) in [6.45, 7) is 4.25. The number of nitrogens with zero attached hydrogens (tertiary/aromatic N) is 3. The minimum absolute atomic E-state index is 0.207. The second kappa shape index (κ2) is 9.95. The summed E-state index contributed by atoms with van der Waals surface area (Å²) in [5.41, 5.74) is 2.04. The van der Waals surface area contributed by atoms with Gasteiger partial charge in [0.2, 0.25) is 0 Å². The van der Waals surface area contributed by atoms with Gasteiger partial charge in [-0.1, -0.05) is 19.1 Å². The molecule has 1 saturated heterocycles. The Morgan fingerprint density at radius 3 is 2.78 bits per heavy atom. The van der Waals surface area contributed by atoms with Crippen LogP contribution in [0.15, 0.2) is 30.5 Å². The summed E-state index contributed by atoms with van der Waals surface area (Å²) >= 11 is 0. The van der Waals surface area contributed by atoms with E-state index in [1.165, 1.54) is 0 Å². The molecule has 1 fully saturated rings. The first kappa shape index (κ1) is 22.0. The molecular weight excluding hydrogens is 408 g/mol. The molecule has 0 spiro atoms. The van der Waals surface area contributed by atoms with Crippen LogP contribution in [0.1, 0.15) is 54.2 Å².